The lowest BCUT2D eigenvalue weighted by Crippen LogP contribution is -2.30. The quantitative estimate of drug-likeness (QED) is 0.869. The zero-order valence-corrected chi connectivity index (χ0v) is 11.8. The van der Waals surface area contributed by atoms with Gasteiger partial charge in [-0.25, -0.2) is 0 Å². The fourth-order valence-electron chi connectivity index (χ4n) is 2.66. The summed E-state index contributed by atoms with van der Waals surface area (Å²) in [6.07, 6.45) is 0.895. The van der Waals surface area contributed by atoms with Gasteiger partial charge in [0.15, 0.2) is 0 Å². The molecule has 2 heterocycles. The molecular formula is C15H16ClNO2. The summed E-state index contributed by atoms with van der Waals surface area (Å²) in [5.41, 5.74) is 1.92. The van der Waals surface area contributed by atoms with Crippen LogP contribution in [0.25, 0.3) is 10.8 Å². The molecule has 1 aromatic carbocycles. The van der Waals surface area contributed by atoms with Crippen molar-refractivity contribution in [2.24, 2.45) is 5.92 Å². The molecule has 3 rings (SSSR count). The van der Waals surface area contributed by atoms with Gasteiger partial charge in [0, 0.05) is 33.5 Å². The number of halogens is 1. The highest BCUT2D eigenvalue weighted by Gasteiger charge is 2.25. The van der Waals surface area contributed by atoms with Crippen molar-refractivity contribution in [2.75, 3.05) is 0 Å². The first kappa shape index (κ1) is 12.7. The van der Waals surface area contributed by atoms with Crippen molar-refractivity contribution < 1.29 is 4.74 Å². The molecule has 4 heteroatoms. The Morgan fingerprint density at radius 1 is 1.42 bits per heavy atom. The van der Waals surface area contributed by atoms with Gasteiger partial charge >= 0.3 is 0 Å². The molecule has 0 amide bonds. The van der Waals surface area contributed by atoms with E-state index in [2.05, 4.69) is 18.8 Å². The first-order valence-corrected chi connectivity index (χ1v) is 6.89. The number of hydrogen-bond acceptors (Lipinski definition) is 2. The Hall–Kier alpha value is -1.32. The van der Waals surface area contributed by atoms with Gasteiger partial charge in [0.25, 0.3) is 5.56 Å². The Morgan fingerprint density at radius 3 is 2.95 bits per heavy atom. The molecule has 1 aromatic heterocycles. The van der Waals surface area contributed by atoms with Gasteiger partial charge in [0.1, 0.15) is 0 Å². The van der Waals surface area contributed by atoms with Crippen LogP contribution in [0.4, 0.5) is 0 Å². The van der Waals surface area contributed by atoms with Crippen LogP contribution in [0, 0.1) is 5.92 Å². The van der Waals surface area contributed by atoms with E-state index in [9.17, 15) is 4.79 Å². The summed E-state index contributed by atoms with van der Waals surface area (Å²) in [5.74, 6) is 0.429. The number of aromatic amines is 1. The van der Waals surface area contributed by atoms with Gasteiger partial charge in [-0.15, -0.1) is 0 Å². The topological polar surface area (TPSA) is 42.1 Å². The molecule has 0 saturated heterocycles. The summed E-state index contributed by atoms with van der Waals surface area (Å²) >= 11 is 6.26. The van der Waals surface area contributed by atoms with Gasteiger partial charge in [0.2, 0.25) is 0 Å². The molecule has 0 radical (unpaired) electrons. The Morgan fingerprint density at radius 2 is 2.21 bits per heavy atom. The van der Waals surface area contributed by atoms with Gasteiger partial charge in [-0.3, -0.25) is 4.79 Å². The summed E-state index contributed by atoms with van der Waals surface area (Å²) in [5, 5.41) is 2.09. The number of fused-ring (bicyclic) bond motifs is 3. The third kappa shape index (κ3) is 2.07. The third-order valence-electron chi connectivity index (χ3n) is 3.78. The van der Waals surface area contributed by atoms with E-state index in [4.69, 9.17) is 16.3 Å². The Labute approximate surface area is 116 Å². The summed E-state index contributed by atoms with van der Waals surface area (Å²) in [4.78, 5) is 15.1. The van der Waals surface area contributed by atoms with Gasteiger partial charge < -0.3 is 9.72 Å². The highest BCUT2D eigenvalue weighted by Crippen LogP contribution is 2.31. The second-order valence-corrected chi connectivity index (χ2v) is 5.78. The minimum atomic E-state index is -0.0688. The number of H-pyrrole nitrogens is 1. The van der Waals surface area contributed by atoms with E-state index in [0.29, 0.717) is 22.9 Å². The minimum Gasteiger partial charge on any atom is -0.373 e. The number of rotatable bonds is 1. The average molecular weight is 278 g/mol. The van der Waals surface area contributed by atoms with E-state index in [1.165, 1.54) is 0 Å². The van der Waals surface area contributed by atoms with Crippen molar-refractivity contribution in [1.29, 1.82) is 0 Å². The average Bonchev–Trinajstić information content (AvgIpc) is 2.38. The van der Waals surface area contributed by atoms with E-state index in [1.807, 2.05) is 6.07 Å². The maximum Gasteiger partial charge on any atom is 0.256 e. The number of ether oxygens (including phenoxy) is 1. The molecule has 1 aliphatic rings. The van der Waals surface area contributed by atoms with Gasteiger partial charge in [0.05, 0.1) is 12.7 Å². The Balaban J connectivity index is 2.24. The van der Waals surface area contributed by atoms with Crippen molar-refractivity contribution in [1.82, 2.24) is 4.98 Å². The molecule has 1 unspecified atom stereocenters. The van der Waals surface area contributed by atoms with E-state index in [-0.39, 0.29) is 11.7 Å². The van der Waals surface area contributed by atoms with Crippen LogP contribution in [0.5, 0.6) is 0 Å². The molecule has 19 heavy (non-hydrogen) atoms. The SMILES string of the molecule is CC(C)C1Cc2[nH]c(=O)c3cccc(Cl)c3c2CO1. The molecule has 0 aliphatic carbocycles. The van der Waals surface area contributed by atoms with Gasteiger partial charge in [-0.1, -0.05) is 31.5 Å². The molecular weight excluding hydrogens is 262 g/mol. The molecule has 0 saturated carbocycles. The molecule has 2 aromatic rings. The van der Waals surface area contributed by atoms with Crippen LogP contribution in [0.3, 0.4) is 0 Å². The van der Waals surface area contributed by atoms with Crippen LogP contribution in [0.1, 0.15) is 25.1 Å². The predicted molar refractivity (Wildman–Crippen MR) is 76.7 cm³/mol. The van der Waals surface area contributed by atoms with Crippen LogP contribution in [0.15, 0.2) is 23.0 Å². The molecule has 0 fully saturated rings. The smallest absolute Gasteiger partial charge is 0.256 e. The van der Waals surface area contributed by atoms with E-state index < -0.39 is 0 Å². The fourth-order valence-corrected chi connectivity index (χ4v) is 2.95. The van der Waals surface area contributed by atoms with E-state index in [1.54, 1.807) is 12.1 Å². The largest absolute Gasteiger partial charge is 0.373 e. The molecule has 0 spiro atoms. The summed E-state index contributed by atoms with van der Waals surface area (Å²) in [7, 11) is 0. The maximum absolute atomic E-state index is 12.1. The summed E-state index contributed by atoms with van der Waals surface area (Å²) in [6, 6.07) is 5.42. The Bertz CT molecular complexity index is 690. The van der Waals surface area contributed by atoms with Crippen molar-refractivity contribution in [3.63, 3.8) is 0 Å². The molecule has 3 nitrogen and oxygen atoms in total. The van der Waals surface area contributed by atoms with Crippen LogP contribution in [-0.4, -0.2) is 11.1 Å². The lowest BCUT2D eigenvalue weighted by molar-refractivity contribution is -0.000820. The zero-order valence-electron chi connectivity index (χ0n) is 11.0. The van der Waals surface area contributed by atoms with E-state index >= 15 is 0 Å². The fraction of sp³-hybridized carbons (Fsp3) is 0.400. The summed E-state index contributed by atoms with van der Waals surface area (Å²) in [6.45, 7) is 4.76. The molecule has 1 atom stereocenters. The number of aromatic nitrogens is 1. The number of nitrogens with one attached hydrogen (secondary N) is 1. The first-order chi connectivity index (χ1) is 9.08. The number of hydrogen-bond donors (Lipinski definition) is 1. The highest BCUT2D eigenvalue weighted by molar-refractivity contribution is 6.35. The second-order valence-electron chi connectivity index (χ2n) is 5.37. The standard InChI is InChI=1S/C15H16ClNO2/c1-8(2)13-6-12-10(7-19-13)14-9(15(18)17-12)4-3-5-11(14)16/h3-5,8,13H,6-7H2,1-2H3,(H,17,18). The second kappa shape index (κ2) is 4.66. The van der Waals surface area contributed by atoms with Crippen LogP contribution < -0.4 is 5.56 Å². The normalized spacial score (nSPS) is 18.8. The highest BCUT2D eigenvalue weighted by atomic mass is 35.5. The van der Waals surface area contributed by atoms with Gasteiger partial charge in [-0.05, 0) is 18.1 Å². The maximum atomic E-state index is 12.1. The van der Waals surface area contributed by atoms with Crippen molar-refractivity contribution in [2.45, 2.75) is 33.0 Å². The molecule has 1 N–H and O–H groups in total. The third-order valence-corrected chi connectivity index (χ3v) is 4.09. The monoisotopic (exact) mass is 277 g/mol. The molecule has 1 aliphatic heterocycles. The van der Waals surface area contributed by atoms with Crippen molar-refractivity contribution in [3.05, 3.63) is 44.8 Å². The summed E-state index contributed by atoms with van der Waals surface area (Å²) < 4.78 is 5.89. The van der Waals surface area contributed by atoms with Crippen LogP contribution in [0.2, 0.25) is 5.02 Å². The number of benzene rings is 1. The number of pyridine rings is 1. The van der Waals surface area contributed by atoms with E-state index in [0.717, 1.165) is 23.1 Å². The minimum absolute atomic E-state index is 0.0688. The first-order valence-electron chi connectivity index (χ1n) is 6.51. The molecule has 100 valence electrons. The van der Waals surface area contributed by atoms with Crippen LogP contribution in [-0.2, 0) is 17.8 Å². The lowest BCUT2D eigenvalue weighted by atomic mass is 9.94. The lowest BCUT2D eigenvalue weighted by Gasteiger charge is -2.28. The predicted octanol–water partition coefficient (Wildman–Crippen LogP) is 3.28. The van der Waals surface area contributed by atoms with Crippen molar-refractivity contribution >= 4 is 22.4 Å². The molecule has 0 bridgehead atoms. The van der Waals surface area contributed by atoms with Crippen molar-refractivity contribution in [3.8, 4) is 0 Å². The van der Waals surface area contributed by atoms with Gasteiger partial charge in [-0.2, -0.15) is 0 Å². The Kier molecular flexibility index (Phi) is 3.11. The zero-order chi connectivity index (χ0) is 13.6. The van der Waals surface area contributed by atoms with Crippen LogP contribution >= 0.6 is 11.6 Å².